The molecule has 7 nitrogen and oxygen atoms in total. The van der Waals surface area contributed by atoms with Gasteiger partial charge in [0.1, 0.15) is 5.69 Å². The van der Waals surface area contributed by atoms with Gasteiger partial charge in [-0.25, -0.2) is 9.48 Å². The van der Waals surface area contributed by atoms with Crippen molar-refractivity contribution in [2.45, 2.75) is 6.54 Å². The molecule has 1 amide bonds. The average molecular weight is 392 g/mol. The first-order valence-corrected chi connectivity index (χ1v) is 8.51. The molecule has 0 atom stereocenters. The van der Waals surface area contributed by atoms with E-state index >= 15 is 0 Å². The van der Waals surface area contributed by atoms with Crippen molar-refractivity contribution in [2.24, 2.45) is 7.05 Å². The van der Waals surface area contributed by atoms with Crippen LogP contribution in [0.1, 0.15) is 10.4 Å². The summed E-state index contributed by atoms with van der Waals surface area (Å²) in [6.07, 6.45) is 1.63. The van der Waals surface area contributed by atoms with Gasteiger partial charge < -0.3 is 5.32 Å². The SMILES string of the molecule is Cn1c(-c2ccccn2)nn(CCNC(=O)c2cc(Cl)ccc2Cl)c1=O. The van der Waals surface area contributed by atoms with Crippen LogP contribution >= 0.6 is 23.2 Å². The van der Waals surface area contributed by atoms with Gasteiger partial charge in [-0.2, -0.15) is 0 Å². The van der Waals surface area contributed by atoms with Crippen LogP contribution in [0.15, 0.2) is 47.4 Å². The van der Waals surface area contributed by atoms with Crippen LogP contribution in [-0.4, -0.2) is 31.8 Å². The number of pyridine rings is 1. The van der Waals surface area contributed by atoms with Crippen LogP contribution in [0.5, 0.6) is 0 Å². The summed E-state index contributed by atoms with van der Waals surface area (Å²) in [6.45, 7) is 0.420. The van der Waals surface area contributed by atoms with E-state index in [0.717, 1.165) is 0 Å². The third-order valence-electron chi connectivity index (χ3n) is 3.72. The highest BCUT2D eigenvalue weighted by atomic mass is 35.5. The Hall–Kier alpha value is -2.64. The number of carbonyl (C=O) groups is 1. The molecule has 0 bridgehead atoms. The molecule has 0 aliphatic rings. The third kappa shape index (κ3) is 3.79. The molecular formula is C17H15Cl2N5O2. The summed E-state index contributed by atoms with van der Waals surface area (Å²) in [6, 6.07) is 10.0. The van der Waals surface area contributed by atoms with Gasteiger partial charge in [0.05, 0.1) is 17.1 Å². The lowest BCUT2D eigenvalue weighted by molar-refractivity contribution is 0.0952. The molecule has 0 spiro atoms. The van der Waals surface area contributed by atoms with Crippen LogP contribution in [0.4, 0.5) is 0 Å². The summed E-state index contributed by atoms with van der Waals surface area (Å²) in [5.74, 6) is 0.0891. The van der Waals surface area contributed by atoms with Crippen molar-refractivity contribution in [3.63, 3.8) is 0 Å². The minimum Gasteiger partial charge on any atom is -0.350 e. The van der Waals surface area contributed by atoms with Crippen LogP contribution < -0.4 is 11.0 Å². The molecule has 0 aliphatic heterocycles. The number of hydrogen-bond acceptors (Lipinski definition) is 4. The Kier molecular flexibility index (Phi) is 5.39. The van der Waals surface area contributed by atoms with Gasteiger partial charge >= 0.3 is 5.69 Å². The molecule has 3 rings (SSSR count). The molecule has 0 saturated carbocycles. The fourth-order valence-electron chi connectivity index (χ4n) is 2.39. The summed E-state index contributed by atoms with van der Waals surface area (Å²) in [5, 5.41) is 7.71. The van der Waals surface area contributed by atoms with Crippen molar-refractivity contribution >= 4 is 29.1 Å². The first kappa shape index (κ1) is 18.2. The molecule has 0 unspecified atom stereocenters. The molecule has 0 radical (unpaired) electrons. The fraction of sp³-hybridized carbons (Fsp3) is 0.176. The topological polar surface area (TPSA) is 81.8 Å². The quantitative estimate of drug-likeness (QED) is 0.723. The zero-order valence-corrected chi connectivity index (χ0v) is 15.3. The number of aromatic nitrogens is 4. The van der Waals surface area contributed by atoms with Gasteiger partial charge in [0.15, 0.2) is 5.82 Å². The number of nitrogens with zero attached hydrogens (tertiary/aromatic N) is 4. The van der Waals surface area contributed by atoms with E-state index in [9.17, 15) is 9.59 Å². The molecule has 0 saturated heterocycles. The number of hydrogen-bond donors (Lipinski definition) is 1. The fourth-order valence-corrected chi connectivity index (χ4v) is 2.77. The minimum absolute atomic E-state index is 0.209. The standard InChI is InChI=1S/C17H15Cl2N5O2/c1-23-15(14-4-2-3-7-20-14)22-24(17(23)26)9-8-21-16(25)12-10-11(18)5-6-13(12)19/h2-7,10H,8-9H2,1H3,(H,21,25). The predicted octanol–water partition coefficient (Wildman–Crippen LogP) is 2.38. The molecule has 26 heavy (non-hydrogen) atoms. The lowest BCUT2D eigenvalue weighted by atomic mass is 10.2. The Morgan fingerprint density at radius 1 is 1.23 bits per heavy atom. The lowest BCUT2D eigenvalue weighted by Gasteiger charge is -2.07. The summed E-state index contributed by atoms with van der Waals surface area (Å²) in [5.41, 5.74) is 0.586. The maximum Gasteiger partial charge on any atom is 0.346 e. The smallest absolute Gasteiger partial charge is 0.346 e. The summed E-state index contributed by atoms with van der Waals surface area (Å²) in [7, 11) is 1.63. The van der Waals surface area contributed by atoms with Gasteiger partial charge in [-0.15, -0.1) is 5.10 Å². The van der Waals surface area contributed by atoms with Crippen LogP contribution in [0.25, 0.3) is 11.5 Å². The minimum atomic E-state index is -0.369. The molecule has 3 aromatic rings. The number of benzene rings is 1. The zero-order chi connectivity index (χ0) is 18.7. The van der Waals surface area contributed by atoms with Gasteiger partial charge in [0, 0.05) is 24.8 Å². The summed E-state index contributed by atoms with van der Waals surface area (Å²) >= 11 is 11.9. The summed E-state index contributed by atoms with van der Waals surface area (Å²) in [4.78, 5) is 28.7. The van der Waals surface area contributed by atoms with Crippen molar-refractivity contribution in [1.82, 2.24) is 24.6 Å². The highest BCUT2D eigenvalue weighted by Crippen LogP contribution is 2.20. The highest BCUT2D eigenvalue weighted by molar-refractivity contribution is 6.35. The molecule has 2 heterocycles. The number of amides is 1. The summed E-state index contributed by atoms with van der Waals surface area (Å²) < 4.78 is 2.70. The van der Waals surface area contributed by atoms with E-state index in [1.807, 2.05) is 6.07 Å². The van der Waals surface area contributed by atoms with E-state index < -0.39 is 0 Å². The van der Waals surface area contributed by atoms with Crippen LogP contribution in [0.3, 0.4) is 0 Å². The first-order valence-electron chi connectivity index (χ1n) is 7.76. The van der Waals surface area contributed by atoms with E-state index in [-0.39, 0.29) is 30.2 Å². The van der Waals surface area contributed by atoms with Crippen molar-refractivity contribution < 1.29 is 4.79 Å². The predicted molar refractivity (Wildman–Crippen MR) is 99.5 cm³/mol. The second-order valence-electron chi connectivity index (χ2n) is 5.48. The molecule has 9 heteroatoms. The lowest BCUT2D eigenvalue weighted by Crippen LogP contribution is -2.31. The molecule has 2 aromatic heterocycles. The Morgan fingerprint density at radius 3 is 2.77 bits per heavy atom. The van der Waals surface area contributed by atoms with Gasteiger partial charge in [-0.1, -0.05) is 29.3 Å². The largest absolute Gasteiger partial charge is 0.350 e. The van der Waals surface area contributed by atoms with Crippen molar-refractivity contribution in [1.29, 1.82) is 0 Å². The van der Waals surface area contributed by atoms with E-state index in [2.05, 4.69) is 15.4 Å². The van der Waals surface area contributed by atoms with Crippen molar-refractivity contribution in [3.8, 4) is 11.5 Å². The van der Waals surface area contributed by atoms with E-state index in [0.29, 0.717) is 21.6 Å². The third-order valence-corrected chi connectivity index (χ3v) is 4.28. The van der Waals surface area contributed by atoms with Crippen molar-refractivity contribution in [3.05, 3.63) is 68.7 Å². The van der Waals surface area contributed by atoms with Gasteiger partial charge in [-0.05, 0) is 30.3 Å². The molecule has 134 valence electrons. The monoisotopic (exact) mass is 391 g/mol. The van der Waals surface area contributed by atoms with Crippen LogP contribution in [0, 0.1) is 0 Å². The van der Waals surface area contributed by atoms with E-state index in [1.54, 1.807) is 37.5 Å². The molecule has 0 aliphatic carbocycles. The van der Waals surface area contributed by atoms with E-state index in [4.69, 9.17) is 23.2 Å². The zero-order valence-electron chi connectivity index (χ0n) is 13.8. The number of rotatable bonds is 5. The Balaban J connectivity index is 1.70. The number of nitrogens with one attached hydrogen (secondary N) is 1. The van der Waals surface area contributed by atoms with Crippen molar-refractivity contribution in [2.75, 3.05) is 6.54 Å². The number of halogens is 2. The average Bonchev–Trinajstić information content (AvgIpc) is 2.93. The normalized spacial score (nSPS) is 10.7. The highest BCUT2D eigenvalue weighted by Gasteiger charge is 2.14. The van der Waals surface area contributed by atoms with Crippen LogP contribution in [0.2, 0.25) is 10.0 Å². The van der Waals surface area contributed by atoms with Gasteiger partial charge in [0.25, 0.3) is 5.91 Å². The second kappa shape index (κ2) is 7.72. The van der Waals surface area contributed by atoms with Crippen LogP contribution in [-0.2, 0) is 13.6 Å². The Morgan fingerprint density at radius 2 is 2.04 bits per heavy atom. The number of carbonyl (C=O) groups excluding carboxylic acids is 1. The van der Waals surface area contributed by atoms with Gasteiger partial charge in [-0.3, -0.25) is 14.3 Å². The molecule has 0 fully saturated rings. The second-order valence-corrected chi connectivity index (χ2v) is 6.33. The van der Waals surface area contributed by atoms with E-state index in [1.165, 1.54) is 15.3 Å². The van der Waals surface area contributed by atoms with Gasteiger partial charge in [0.2, 0.25) is 0 Å². The molecular weight excluding hydrogens is 377 g/mol. The Bertz CT molecular complexity index is 998. The maximum absolute atomic E-state index is 12.3. The molecule has 1 N–H and O–H groups in total. The first-order chi connectivity index (χ1) is 12.5. The maximum atomic E-state index is 12.3. The molecule has 1 aromatic carbocycles. The Labute approximate surface area is 159 Å².